The van der Waals surface area contributed by atoms with E-state index in [1.165, 1.54) is 12.0 Å². The Hall–Kier alpha value is -2.46. The molecule has 27 heavy (non-hydrogen) atoms. The highest BCUT2D eigenvalue weighted by Gasteiger charge is 2.34. The van der Waals surface area contributed by atoms with Crippen molar-refractivity contribution < 1.29 is 27.5 Å². The maximum atomic E-state index is 12.6. The molecule has 2 aromatic rings. The first kappa shape index (κ1) is 19.3. The van der Waals surface area contributed by atoms with Gasteiger partial charge in [0.1, 0.15) is 0 Å². The zero-order valence-corrected chi connectivity index (χ0v) is 15.7. The molecule has 1 aliphatic heterocycles. The molecule has 0 aliphatic carbocycles. The summed E-state index contributed by atoms with van der Waals surface area (Å²) in [6.07, 6.45) is 0.371. The third-order valence-corrected chi connectivity index (χ3v) is 6.25. The number of ether oxygens (including phenoxy) is 2. The van der Waals surface area contributed by atoms with Gasteiger partial charge < -0.3 is 14.4 Å². The highest BCUT2D eigenvalue weighted by atomic mass is 32.2. The van der Waals surface area contributed by atoms with Crippen molar-refractivity contribution in [2.45, 2.75) is 12.5 Å². The van der Waals surface area contributed by atoms with E-state index in [1.54, 1.807) is 18.2 Å². The van der Waals surface area contributed by atoms with Gasteiger partial charge in [-0.05, 0) is 12.5 Å². The van der Waals surface area contributed by atoms with Crippen LogP contribution in [0.5, 0.6) is 0 Å². The number of esters is 1. The Morgan fingerprint density at radius 3 is 2.81 bits per heavy atom. The average molecular weight is 395 g/mol. The van der Waals surface area contributed by atoms with Crippen molar-refractivity contribution in [2.24, 2.45) is 0 Å². The van der Waals surface area contributed by atoms with Gasteiger partial charge in [-0.3, -0.25) is 9.89 Å². The Balaban J connectivity index is 1.65. The van der Waals surface area contributed by atoms with E-state index in [1.807, 2.05) is 6.07 Å². The number of benzene rings is 1. The number of sulfone groups is 1. The molecule has 1 amide bonds. The molecule has 1 saturated heterocycles. The number of rotatable bonds is 7. The normalized spacial score (nSPS) is 18.5. The van der Waals surface area contributed by atoms with Crippen LogP contribution in [0.25, 0.3) is 10.9 Å². The number of methoxy groups -OCH3 is 1. The second-order valence-corrected chi connectivity index (χ2v) is 8.56. The molecule has 1 aliphatic rings. The third kappa shape index (κ3) is 4.45. The summed E-state index contributed by atoms with van der Waals surface area (Å²) in [5.41, 5.74) is 0.791. The molecule has 1 atom stereocenters. The molecule has 0 saturated carbocycles. The summed E-state index contributed by atoms with van der Waals surface area (Å²) in [6, 6.07) is 6.65. The lowest BCUT2D eigenvalue weighted by Crippen LogP contribution is -2.45. The zero-order valence-electron chi connectivity index (χ0n) is 14.9. The highest BCUT2D eigenvalue weighted by Crippen LogP contribution is 2.19. The van der Waals surface area contributed by atoms with Crippen molar-refractivity contribution in [2.75, 3.05) is 38.4 Å². The van der Waals surface area contributed by atoms with Crippen LogP contribution < -0.4 is 0 Å². The van der Waals surface area contributed by atoms with E-state index in [0.717, 1.165) is 0 Å². The predicted octanol–water partition coefficient (Wildman–Crippen LogP) is 0.382. The second kappa shape index (κ2) is 8.05. The van der Waals surface area contributed by atoms with Crippen molar-refractivity contribution in [3.63, 3.8) is 0 Å². The number of para-hydroxylation sites is 1. The fraction of sp³-hybridized carbons (Fsp3) is 0.471. The van der Waals surface area contributed by atoms with E-state index < -0.39 is 34.4 Å². The first-order chi connectivity index (χ1) is 12.9. The van der Waals surface area contributed by atoms with E-state index in [0.29, 0.717) is 17.3 Å². The van der Waals surface area contributed by atoms with Gasteiger partial charge in [0.05, 0.1) is 23.6 Å². The molecule has 10 heteroatoms. The number of carbonyl (C=O) groups excluding carboxylic acids is 2. The first-order valence-electron chi connectivity index (χ1n) is 8.50. The number of hydrogen-bond acceptors (Lipinski definition) is 7. The molecule has 0 bridgehead atoms. The first-order valence-corrected chi connectivity index (χ1v) is 10.3. The van der Waals surface area contributed by atoms with E-state index in [-0.39, 0.29) is 30.4 Å². The highest BCUT2D eigenvalue weighted by molar-refractivity contribution is 7.91. The summed E-state index contributed by atoms with van der Waals surface area (Å²) < 4.78 is 33.6. The lowest BCUT2D eigenvalue weighted by molar-refractivity contribution is -0.137. The van der Waals surface area contributed by atoms with Gasteiger partial charge in [0.25, 0.3) is 5.91 Å². The fourth-order valence-electron chi connectivity index (χ4n) is 3.12. The number of hydrogen-bond donors (Lipinski definition) is 1. The number of H-pyrrole nitrogens is 1. The van der Waals surface area contributed by atoms with Gasteiger partial charge in [0, 0.05) is 25.1 Å². The van der Waals surface area contributed by atoms with Gasteiger partial charge in [-0.15, -0.1) is 0 Å². The molecule has 2 heterocycles. The lowest BCUT2D eigenvalue weighted by atomic mass is 10.2. The minimum atomic E-state index is -3.15. The monoisotopic (exact) mass is 395 g/mol. The summed E-state index contributed by atoms with van der Waals surface area (Å²) in [6.45, 7) is 0.0128. The van der Waals surface area contributed by atoms with Crippen LogP contribution in [0.2, 0.25) is 0 Å². The fourth-order valence-corrected chi connectivity index (χ4v) is 4.85. The smallest absolute Gasteiger partial charge is 0.359 e. The Morgan fingerprint density at radius 2 is 2.11 bits per heavy atom. The standard InChI is InChI=1S/C17H21N3O6S/c1-25-8-7-20(12-6-9-27(23,24)11-12)15(21)10-26-17(22)16-13-4-2-3-5-14(13)18-19-16/h2-5,12H,6-11H2,1H3,(H,18,19)/t12-/m0/s1. The zero-order chi connectivity index (χ0) is 19.4. The lowest BCUT2D eigenvalue weighted by Gasteiger charge is -2.27. The van der Waals surface area contributed by atoms with Gasteiger partial charge in [0.15, 0.2) is 22.1 Å². The van der Waals surface area contributed by atoms with E-state index in [9.17, 15) is 18.0 Å². The average Bonchev–Trinajstić information content (AvgIpc) is 3.23. The molecule has 1 N–H and O–H groups in total. The maximum Gasteiger partial charge on any atom is 0.359 e. The van der Waals surface area contributed by atoms with Crippen LogP contribution in [-0.4, -0.2) is 79.8 Å². The van der Waals surface area contributed by atoms with E-state index in [4.69, 9.17) is 9.47 Å². The van der Waals surface area contributed by atoms with Crippen LogP contribution in [0.4, 0.5) is 0 Å². The van der Waals surface area contributed by atoms with Crippen LogP contribution in [-0.2, 0) is 24.1 Å². The molecule has 1 aromatic heterocycles. The van der Waals surface area contributed by atoms with Crippen molar-refractivity contribution in [1.29, 1.82) is 0 Å². The molecular weight excluding hydrogens is 374 g/mol. The summed E-state index contributed by atoms with van der Waals surface area (Å²) >= 11 is 0. The molecule has 0 radical (unpaired) electrons. The molecule has 9 nitrogen and oxygen atoms in total. The summed E-state index contributed by atoms with van der Waals surface area (Å²) in [5.74, 6) is -1.21. The van der Waals surface area contributed by atoms with Crippen LogP contribution in [0.3, 0.4) is 0 Å². The Kier molecular flexibility index (Phi) is 5.76. The Labute approximate surface area is 156 Å². The molecular formula is C17H21N3O6S. The minimum absolute atomic E-state index is 0.0491. The Morgan fingerprint density at radius 1 is 1.33 bits per heavy atom. The predicted molar refractivity (Wildman–Crippen MR) is 97.0 cm³/mol. The van der Waals surface area contributed by atoms with Crippen molar-refractivity contribution >= 4 is 32.6 Å². The van der Waals surface area contributed by atoms with Gasteiger partial charge in [0.2, 0.25) is 0 Å². The van der Waals surface area contributed by atoms with Crippen LogP contribution in [0, 0.1) is 0 Å². The number of nitrogens with one attached hydrogen (secondary N) is 1. The van der Waals surface area contributed by atoms with Gasteiger partial charge >= 0.3 is 5.97 Å². The summed E-state index contributed by atoms with van der Waals surface area (Å²) in [4.78, 5) is 26.3. The molecule has 1 aromatic carbocycles. The van der Waals surface area contributed by atoms with E-state index >= 15 is 0 Å². The SMILES string of the molecule is COCCN(C(=O)COC(=O)c1n[nH]c2ccccc12)[C@H]1CCS(=O)(=O)C1. The molecule has 0 unspecified atom stereocenters. The number of nitrogens with zero attached hydrogens (tertiary/aromatic N) is 2. The molecule has 3 rings (SSSR count). The minimum Gasteiger partial charge on any atom is -0.451 e. The van der Waals surface area contributed by atoms with Crippen LogP contribution in [0.1, 0.15) is 16.9 Å². The summed E-state index contributed by atoms with van der Waals surface area (Å²) in [5, 5.41) is 7.28. The van der Waals surface area contributed by atoms with E-state index in [2.05, 4.69) is 10.2 Å². The van der Waals surface area contributed by atoms with Crippen molar-refractivity contribution in [3.05, 3.63) is 30.0 Å². The number of fused-ring (bicyclic) bond motifs is 1. The van der Waals surface area contributed by atoms with Crippen LogP contribution in [0.15, 0.2) is 24.3 Å². The number of aromatic nitrogens is 2. The number of aromatic amines is 1. The maximum absolute atomic E-state index is 12.6. The third-order valence-electron chi connectivity index (χ3n) is 4.50. The quantitative estimate of drug-likeness (QED) is 0.673. The van der Waals surface area contributed by atoms with Gasteiger partial charge in [-0.25, -0.2) is 13.2 Å². The van der Waals surface area contributed by atoms with Crippen molar-refractivity contribution in [3.8, 4) is 0 Å². The van der Waals surface area contributed by atoms with Crippen molar-refractivity contribution in [1.82, 2.24) is 15.1 Å². The topological polar surface area (TPSA) is 119 Å². The van der Waals surface area contributed by atoms with Crippen LogP contribution >= 0.6 is 0 Å². The summed E-state index contributed by atoms with van der Waals surface area (Å²) in [7, 11) is -1.65. The second-order valence-electron chi connectivity index (χ2n) is 6.33. The molecule has 146 valence electrons. The molecule has 1 fully saturated rings. The number of carbonyl (C=O) groups is 2. The molecule has 0 spiro atoms. The Bertz CT molecular complexity index is 939. The van der Waals surface area contributed by atoms with Gasteiger partial charge in [-0.2, -0.15) is 5.10 Å². The van der Waals surface area contributed by atoms with Gasteiger partial charge in [-0.1, -0.05) is 18.2 Å². The largest absolute Gasteiger partial charge is 0.451 e. The number of amides is 1.